The van der Waals surface area contributed by atoms with Crippen molar-refractivity contribution in [3.63, 3.8) is 0 Å². The van der Waals surface area contributed by atoms with Gasteiger partial charge in [0.15, 0.2) is 6.10 Å². The number of benzene rings is 2. The van der Waals surface area contributed by atoms with Gasteiger partial charge in [0.05, 0.1) is 38.9 Å². The normalized spacial score (nSPS) is 37.0. The Morgan fingerprint density at radius 3 is 2.40 bits per heavy atom. The van der Waals surface area contributed by atoms with E-state index in [0.29, 0.717) is 95.4 Å². The van der Waals surface area contributed by atoms with Gasteiger partial charge in [0.2, 0.25) is 5.60 Å². The number of para-hydroxylation sites is 1. The van der Waals surface area contributed by atoms with Gasteiger partial charge in [-0.25, -0.2) is 4.79 Å². The van der Waals surface area contributed by atoms with Crippen LogP contribution in [0.4, 0.5) is 5.69 Å². The second-order valence-corrected chi connectivity index (χ2v) is 20.0. The molecule has 2 aromatic carbocycles. The third kappa shape index (κ3) is 5.70. The first kappa shape index (κ1) is 42.5. The molecule has 1 spiro atoms. The molecule has 2 saturated carbocycles. The van der Waals surface area contributed by atoms with Crippen molar-refractivity contribution in [3.8, 4) is 5.75 Å². The number of nitrogens with zero attached hydrogens (tertiary/aromatic N) is 3. The largest absolute Gasteiger partial charge is 0.496 e. The predicted molar refractivity (Wildman–Crippen MR) is 237 cm³/mol. The van der Waals surface area contributed by atoms with E-state index < -0.39 is 51.5 Å². The third-order valence-corrected chi connectivity index (χ3v) is 17.2. The number of piperidine rings is 1. The van der Waals surface area contributed by atoms with Gasteiger partial charge in [-0.1, -0.05) is 57.0 Å². The van der Waals surface area contributed by atoms with E-state index in [2.05, 4.69) is 46.0 Å². The summed E-state index contributed by atoms with van der Waals surface area (Å²) in [7, 11) is 6.25. The monoisotopic (exact) mass is 864 g/mol. The number of hydrogen-bond acceptors (Lipinski definition) is 12. The Bertz CT molecular complexity index is 2380. The number of ether oxygens (including phenoxy) is 4. The van der Waals surface area contributed by atoms with Crippen molar-refractivity contribution in [1.29, 1.82) is 0 Å². The molecule has 5 aliphatic heterocycles. The van der Waals surface area contributed by atoms with Gasteiger partial charge in [-0.3, -0.25) is 19.4 Å². The fourth-order valence-corrected chi connectivity index (χ4v) is 14.7. The first-order chi connectivity index (χ1) is 30.3. The van der Waals surface area contributed by atoms with E-state index in [1.807, 2.05) is 43.1 Å². The van der Waals surface area contributed by atoms with E-state index in [9.17, 15) is 19.8 Å². The molecule has 338 valence electrons. The molecule has 2 saturated heterocycles. The lowest BCUT2D eigenvalue weighted by atomic mass is 9.47. The number of carbonyl (C=O) groups excluding carboxylic acids is 3. The maximum absolute atomic E-state index is 15.4. The number of carbonyl (C=O) groups is 3. The van der Waals surface area contributed by atoms with E-state index in [1.165, 1.54) is 14.2 Å². The first-order valence-corrected chi connectivity index (χ1v) is 23.3. The van der Waals surface area contributed by atoms with Gasteiger partial charge in [-0.2, -0.15) is 0 Å². The van der Waals surface area contributed by atoms with Crippen LogP contribution in [0, 0.1) is 17.3 Å². The van der Waals surface area contributed by atoms with Crippen LogP contribution in [0.15, 0.2) is 48.6 Å². The summed E-state index contributed by atoms with van der Waals surface area (Å²) in [5.74, 6) is -1.59. The number of methoxy groups -OCH3 is 3. The number of fused-ring (bicyclic) bond motifs is 6. The number of hydrogen-bond donors (Lipinski definition) is 3. The number of likely N-dealkylation sites (N-methyl/N-ethyl adjacent to an activating group) is 1. The maximum Gasteiger partial charge on any atom is 0.344 e. The minimum absolute atomic E-state index is 0.0979. The molecule has 6 heterocycles. The Hall–Kier alpha value is -4.43. The molecule has 3 aromatic rings. The fourth-order valence-electron chi connectivity index (χ4n) is 14.7. The summed E-state index contributed by atoms with van der Waals surface area (Å²) in [4.78, 5) is 54.9. The topological polar surface area (TPSA) is 154 Å². The molecule has 63 heavy (non-hydrogen) atoms. The Labute approximate surface area is 370 Å². The highest BCUT2D eigenvalue weighted by Crippen LogP contribution is 2.68. The van der Waals surface area contributed by atoms with Crippen LogP contribution in [0.3, 0.4) is 0 Å². The molecular formula is C50H64N4O9. The second kappa shape index (κ2) is 15.1. The number of aromatic nitrogens is 1. The lowest BCUT2D eigenvalue weighted by molar-refractivity contribution is -0.231. The van der Waals surface area contributed by atoms with E-state index in [-0.39, 0.29) is 23.8 Å². The van der Waals surface area contributed by atoms with Gasteiger partial charge in [0.25, 0.3) is 0 Å². The van der Waals surface area contributed by atoms with Crippen molar-refractivity contribution in [2.45, 2.75) is 118 Å². The zero-order chi connectivity index (χ0) is 44.3. The number of nitrogens with one attached hydrogen (secondary N) is 1. The fraction of sp³-hybridized carbons (Fsp3) is 0.620. The van der Waals surface area contributed by atoms with Gasteiger partial charge in [-0.05, 0) is 87.1 Å². The van der Waals surface area contributed by atoms with E-state index in [1.54, 1.807) is 7.11 Å². The summed E-state index contributed by atoms with van der Waals surface area (Å²) in [6.45, 7) is 7.40. The van der Waals surface area contributed by atoms with Gasteiger partial charge < -0.3 is 39.0 Å². The first-order valence-electron chi connectivity index (χ1n) is 23.3. The number of H-pyrrole nitrogens is 1. The summed E-state index contributed by atoms with van der Waals surface area (Å²) in [6, 6.07) is 11.1. The SMILES string of the molecule is CC[C@]1(O)C[C@@H]2CN(CCc3c([nH]c4ccccc34)[C@@](C(=O)OC)(c3cc4c(cc3OC)N(C)C3C45CCN4CC=C[C@](CC)(C45)[C@@H](OC(=O)C4CCCC4)[C@]3(O)C(=O)OC)C2)C1. The van der Waals surface area contributed by atoms with Crippen molar-refractivity contribution in [3.05, 3.63) is 70.9 Å². The molecule has 0 radical (unpaired) electrons. The van der Waals surface area contributed by atoms with Crippen LogP contribution in [-0.4, -0.2) is 133 Å². The zero-order valence-corrected chi connectivity index (χ0v) is 37.7. The molecule has 10 atom stereocenters. The predicted octanol–water partition coefficient (Wildman–Crippen LogP) is 5.16. The highest BCUT2D eigenvalue weighted by atomic mass is 16.6. The van der Waals surface area contributed by atoms with Crippen molar-refractivity contribution in [1.82, 2.24) is 14.8 Å². The Morgan fingerprint density at radius 2 is 1.68 bits per heavy atom. The smallest absolute Gasteiger partial charge is 0.344 e. The molecule has 7 aliphatic rings. The number of esters is 3. The zero-order valence-electron chi connectivity index (χ0n) is 37.7. The van der Waals surface area contributed by atoms with Gasteiger partial charge in [-0.15, -0.1) is 0 Å². The molecule has 4 unspecified atom stereocenters. The average Bonchev–Trinajstić information content (AvgIpc) is 4.11. The Morgan fingerprint density at radius 1 is 0.921 bits per heavy atom. The summed E-state index contributed by atoms with van der Waals surface area (Å²) >= 11 is 0. The average molecular weight is 865 g/mol. The molecule has 4 fully saturated rings. The molecule has 1 aromatic heterocycles. The van der Waals surface area contributed by atoms with Gasteiger partial charge >= 0.3 is 17.9 Å². The van der Waals surface area contributed by atoms with Crippen LogP contribution >= 0.6 is 0 Å². The van der Waals surface area contributed by atoms with Crippen LogP contribution in [0.2, 0.25) is 0 Å². The van der Waals surface area contributed by atoms with Crippen molar-refractivity contribution in [2.75, 3.05) is 66.0 Å². The standard InChI is InChI=1S/C50H64N4O9/c1-7-46(58)26-30-27-49(44(56)61-5,39-33(18-22-53(28-30)29-46)32-16-11-12-17-36(32)51-39)35-24-34-37(25-38(35)60-4)52(3)42-48(34)20-23-54-21-13-19-47(8-2,41(48)54)43(50(42,59)45(57)62-6)63-40(55)31-14-9-10-15-31/h11-13,16-17,19,24-25,30-31,41-43,51,58-59H,7-10,14-15,18,20-23,26-29H2,1-6H3/t30-,41?,42?,43+,46-,47+,48?,49-,50-/m0/s1. The van der Waals surface area contributed by atoms with E-state index in [4.69, 9.17) is 18.9 Å². The van der Waals surface area contributed by atoms with Crippen LogP contribution in [0.1, 0.15) is 94.0 Å². The molecule has 2 aliphatic carbocycles. The molecule has 10 rings (SSSR count). The summed E-state index contributed by atoms with van der Waals surface area (Å²) in [6.07, 6.45) is 9.39. The maximum atomic E-state index is 15.4. The molecule has 3 N–H and O–H groups in total. The molecule has 13 heteroatoms. The lowest BCUT2D eigenvalue weighted by Crippen LogP contribution is -2.81. The van der Waals surface area contributed by atoms with Crippen LogP contribution in [-0.2, 0) is 45.8 Å². The highest BCUT2D eigenvalue weighted by molar-refractivity contribution is 5.95. The van der Waals surface area contributed by atoms with Crippen LogP contribution in [0.5, 0.6) is 5.75 Å². The van der Waals surface area contributed by atoms with Gasteiger partial charge in [0.1, 0.15) is 11.2 Å². The number of anilines is 1. The molecule has 2 bridgehead atoms. The molecule has 13 nitrogen and oxygen atoms in total. The number of aliphatic hydroxyl groups is 2. The second-order valence-electron chi connectivity index (χ2n) is 20.0. The van der Waals surface area contributed by atoms with Crippen molar-refractivity contribution < 1.29 is 43.5 Å². The lowest BCUT2D eigenvalue weighted by Gasteiger charge is -2.63. The van der Waals surface area contributed by atoms with Gasteiger partial charge in [0, 0.05) is 84.0 Å². The number of aromatic amines is 1. The third-order valence-electron chi connectivity index (χ3n) is 17.2. The minimum Gasteiger partial charge on any atom is -0.496 e. The molecular weight excluding hydrogens is 801 g/mol. The van der Waals surface area contributed by atoms with E-state index >= 15 is 4.79 Å². The summed E-state index contributed by atoms with van der Waals surface area (Å²) < 4.78 is 24.6. The van der Waals surface area contributed by atoms with Crippen LogP contribution in [0.25, 0.3) is 10.9 Å². The summed E-state index contributed by atoms with van der Waals surface area (Å²) in [5.41, 5.74) is -1.55. The van der Waals surface area contributed by atoms with Crippen molar-refractivity contribution >= 4 is 34.5 Å². The minimum atomic E-state index is -2.30. The Balaban J connectivity index is 1.25. The number of rotatable bonds is 8. The molecule has 0 amide bonds. The van der Waals surface area contributed by atoms with E-state index in [0.717, 1.165) is 46.3 Å². The highest BCUT2D eigenvalue weighted by Gasteiger charge is 2.80. The van der Waals surface area contributed by atoms with Crippen LogP contribution < -0.4 is 9.64 Å². The quantitative estimate of drug-likeness (QED) is 0.156. The van der Waals surface area contributed by atoms with Crippen molar-refractivity contribution in [2.24, 2.45) is 17.3 Å². The summed E-state index contributed by atoms with van der Waals surface area (Å²) in [5, 5.41) is 26.7. The Kier molecular flexibility index (Phi) is 10.2.